The Hall–Kier alpha value is -3.45. The lowest BCUT2D eigenvalue weighted by atomic mass is 10.1. The normalized spacial score (nSPS) is 19.1. The number of halogens is 2. The van der Waals surface area contributed by atoms with Crippen molar-refractivity contribution in [3.05, 3.63) is 78.5 Å². The zero-order chi connectivity index (χ0) is 23.4. The van der Waals surface area contributed by atoms with Gasteiger partial charge in [-0.15, -0.1) is 0 Å². The lowest BCUT2D eigenvalue weighted by Crippen LogP contribution is -2.28. The molecule has 6 rings (SSSR count). The molecule has 0 radical (unpaired) electrons. The molecule has 0 bridgehead atoms. The van der Waals surface area contributed by atoms with Crippen molar-refractivity contribution in [2.24, 2.45) is 5.92 Å². The average molecular weight is 460 g/mol. The van der Waals surface area contributed by atoms with Gasteiger partial charge in [0, 0.05) is 61.9 Å². The van der Waals surface area contributed by atoms with Crippen molar-refractivity contribution < 1.29 is 8.78 Å². The van der Waals surface area contributed by atoms with Gasteiger partial charge in [0.15, 0.2) is 5.82 Å². The van der Waals surface area contributed by atoms with Crippen LogP contribution in [0.2, 0.25) is 0 Å². The first-order chi connectivity index (χ1) is 16.5. The van der Waals surface area contributed by atoms with Crippen LogP contribution in [0.15, 0.2) is 67.1 Å². The van der Waals surface area contributed by atoms with E-state index in [1.807, 2.05) is 26.5 Å². The van der Waals surface area contributed by atoms with Crippen LogP contribution in [0.1, 0.15) is 5.56 Å². The maximum absolute atomic E-state index is 14.7. The Morgan fingerprint density at radius 1 is 1.03 bits per heavy atom. The molecular weight excluding hydrogens is 432 g/mol. The third kappa shape index (κ3) is 3.60. The number of fused-ring (bicyclic) bond motifs is 5. The summed E-state index contributed by atoms with van der Waals surface area (Å²) < 4.78 is 32.5. The predicted octanol–water partition coefficient (Wildman–Crippen LogP) is 4.84. The van der Waals surface area contributed by atoms with E-state index >= 15 is 0 Å². The fraction of sp³-hybridized carbons (Fsp3) is 0.296. The SMILES string of the molecule is CN(C)CC1CN(c2ccc3c(c2)Cn2cc(-c4ccc(F)cc4)cc2-c2nccn2-3)CC1F. The summed E-state index contributed by atoms with van der Waals surface area (Å²) in [6, 6.07) is 15.1. The molecule has 1 fully saturated rings. The largest absolute Gasteiger partial charge is 0.368 e. The van der Waals surface area contributed by atoms with Gasteiger partial charge in [-0.1, -0.05) is 12.1 Å². The molecule has 2 atom stereocenters. The number of anilines is 1. The zero-order valence-corrected chi connectivity index (χ0v) is 19.3. The number of rotatable bonds is 4. The topological polar surface area (TPSA) is 29.2 Å². The zero-order valence-electron chi connectivity index (χ0n) is 19.3. The Morgan fingerprint density at radius 3 is 2.65 bits per heavy atom. The van der Waals surface area contributed by atoms with Gasteiger partial charge in [-0.05, 0) is 61.6 Å². The highest BCUT2D eigenvalue weighted by Gasteiger charge is 2.33. The lowest BCUT2D eigenvalue weighted by Gasteiger charge is -2.21. The molecule has 2 aromatic carbocycles. The first kappa shape index (κ1) is 21.1. The van der Waals surface area contributed by atoms with Crippen molar-refractivity contribution in [2.75, 3.05) is 38.6 Å². The van der Waals surface area contributed by atoms with Crippen LogP contribution in [0.4, 0.5) is 14.5 Å². The molecule has 0 N–H and O–H groups in total. The van der Waals surface area contributed by atoms with Crippen molar-refractivity contribution in [1.29, 1.82) is 0 Å². The van der Waals surface area contributed by atoms with Gasteiger partial charge >= 0.3 is 0 Å². The molecule has 1 saturated heterocycles. The van der Waals surface area contributed by atoms with E-state index in [9.17, 15) is 8.78 Å². The van der Waals surface area contributed by atoms with Crippen molar-refractivity contribution in [3.8, 4) is 28.3 Å². The van der Waals surface area contributed by atoms with Gasteiger partial charge in [0.2, 0.25) is 0 Å². The summed E-state index contributed by atoms with van der Waals surface area (Å²) in [4.78, 5) is 8.87. The summed E-state index contributed by atoms with van der Waals surface area (Å²) >= 11 is 0. The second-order valence-electron chi connectivity index (χ2n) is 9.63. The molecule has 2 aliphatic rings. The minimum atomic E-state index is -0.823. The average Bonchev–Trinajstić information content (AvgIpc) is 3.52. The van der Waals surface area contributed by atoms with Crippen LogP contribution in [-0.2, 0) is 6.54 Å². The van der Waals surface area contributed by atoms with Crippen molar-refractivity contribution in [2.45, 2.75) is 12.7 Å². The molecule has 0 amide bonds. The van der Waals surface area contributed by atoms with Crippen LogP contribution in [0, 0.1) is 11.7 Å². The molecule has 0 spiro atoms. The standard InChI is InChI=1S/C27H27F2N5/c1-31(2)13-21-16-32(17-24(21)29)23-7-8-25-20(11-23)15-33-14-19(18-3-5-22(28)6-4-18)12-26(33)27-30-9-10-34(25)27/h3-12,14,21,24H,13,15-17H2,1-2H3. The molecule has 4 heterocycles. The summed E-state index contributed by atoms with van der Waals surface area (Å²) in [5.74, 6) is 0.644. The number of nitrogens with zero attached hydrogens (tertiary/aromatic N) is 5. The second-order valence-corrected chi connectivity index (χ2v) is 9.63. The second kappa shape index (κ2) is 8.09. The van der Waals surface area contributed by atoms with Crippen LogP contribution in [-0.4, -0.2) is 58.9 Å². The highest BCUT2D eigenvalue weighted by molar-refractivity contribution is 5.72. The van der Waals surface area contributed by atoms with Gasteiger partial charge in [-0.25, -0.2) is 13.8 Å². The lowest BCUT2D eigenvalue weighted by molar-refractivity contribution is 0.231. The summed E-state index contributed by atoms with van der Waals surface area (Å²) in [5, 5.41) is 0. The Labute approximate surface area is 197 Å². The van der Waals surface area contributed by atoms with Crippen LogP contribution < -0.4 is 4.90 Å². The van der Waals surface area contributed by atoms with E-state index in [-0.39, 0.29) is 11.7 Å². The van der Waals surface area contributed by atoms with E-state index in [0.717, 1.165) is 52.7 Å². The Balaban J connectivity index is 1.37. The molecule has 2 aromatic heterocycles. The van der Waals surface area contributed by atoms with E-state index < -0.39 is 6.17 Å². The number of hydrogen-bond donors (Lipinski definition) is 0. The third-order valence-electron chi connectivity index (χ3n) is 6.93. The molecule has 174 valence electrons. The molecule has 0 aliphatic carbocycles. The minimum absolute atomic E-state index is 0.0170. The summed E-state index contributed by atoms with van der Waals surface area (Å²) in [7, 11) is 3.99. The van der Waals surface area contributed by atoms with E-state index in [4.69, 9.17) is 0 Å². The summed E-state index contributed by atoms with van der Waals surface area (Å²) in [6.45, 7) is 2.58. The molecule has 2 unspecified atom stereocenters. The highest BCUT2D eigenvalue weighted by atomic mass is 19.1. The molecule has 5 nitrogen and oxygen atoms in total. The van der Waals surface area contributed by atoms with E-state index in [0.29, 0.717) is 13.1 Å². The minimum Gasteiger partial charge on any atom is -0.368 e. The van der Waals surface area contributed by atoms with Gasteiger partial charge in [0.1, 0.15) is 12.0 Å². The van der Waals surface area contributed by atoms with E-state index in [1.54, 1.807) is 12.1 Å². The predicted molar refractivity (Wildman–Crippen MR) is 131 cm³/mol. The van der Waals surface area contributed by atoms with Gasteiger partial charge in [0.05, 0.1) is 11.4 Å². The Kier molecular flexibility index (Phi) is 5.03. The van der Waals surface area contributed by atoms with Crippen LogP contribution in [0.25, 0.3) is 28.3 Å². The fourth-order valence-electron chi connectivity index (χ4n) is 5.31. The first-order valence-electron chi connectivity index (χ1n) is 11.6. The number of aromatic nitrogens is 3. The molecular formula is C27H27F2N5. The molecule has 2 aliphatic heterocycles. The van der Waals surface area contributed by atoms with Crippen molar-refractivity contribution in [1.82, 2.24) is 19.0 Å². The van der Waals surface area contributed by atoms with Crippen molar-refractivity contribution in [3.63, 3.8) is 0 Å². The van der Waals surface area contributed by atoms with Crippen LogP contribution in [0.3, 0.4) is 0 Å². The quantitative estimate of drug-likeness (QED) is 0.385. The molecule has 4 aromatic rings. The van der Waals surface area contributed by atoms with Gasteiger partial charge in [-0.2, -0.15) is 0 Å². The third-order valence-corrected chi connectivity index (χ3v) is 6.93. The first-order valence-corrected chi connectivity index (χ1v) is 11.6. The van der Waals surface area contributed by atoms with Crippen LogP contribution in [0.5, 0.6) is 0 Å². The Morgan fingerprint density at radius 2 is 1.85 bits per heavy atom. The smallest absolute Gasteiger partial charge is 0.161 e. The summed E-state index contributed by atoms with van der Waals surface area (Å²) in [5.41, 5.74) is 6.30. The molecule has 7 heteroatoms. The molecule has 0 saturated carbocycles. The maximum Gasteiger partial charge on any atom is 0.161 e. The van der Waals surface area contributed by atoms with E-state index in [2.05, 4.69) is 54.4 Å². The van der Waals surface area contributed by atoms with E-state index in [1.165, 1.54) is 12.1 Å². The van der Waals surface area contributed by atoms with Gasteiger partial charge in [-0.3, -0.25) is 4.57 Å². The van der Waals surface area contributed by atoms with Gasteiger partial charge in [0.25, 0.3) is 0 Å². The highest BCUT2D eigenvalue weighted by Crippen LogP contribution is 2.36. The number of imidazole rings is 1. The fourth-order valence-corrected chi connectivity index (χ4v) is 5.31. The van der Waals surface area contributed by atoms with Crippen LogP contribution >= 0.6 is 0 Å². The summed E-state index contributed by atoms with van der Waals surface area (Å²) in [6.07, 6.45) is 5.07. The number of benzene rings is 2. The number of alkyl halides is 1. The molecule has 34 heavy (non-hydrogen) atoms. The Bertz CT molecular complexity index is 1340. The number of hydrogen-bond acceptors (Lipinski definition) is 3. The maximum atomic E-state index is 14.7. The van der Waals surface area contributed by atoms with Crippen molar-refractivity contribution >= 4 is 5.69 Å². The monoisotopic (exact) mass is 459 g/mol. The van der Waals surface area contributed by atoms with Gasteiger partial charge < -0.3 is 14.4 Å².